The lowest BCUT2D eigenvalue weighted by Crippen LogP contribution is -2.23. The van der Waals surface area contributed by atoms with Crippen LogP contribution in [0.1, 0.15) is 41.1 Å². The number of carbonyl (C=O) groups is 1. The fourth-order valence-electron chi connectivity index (χ4n) is 3.24. The van der Waals surface area contributed by atoms with E-state index >= 15 is 0 Å². The Morgan fingerprint density at radius 2 is 2.36 bits per heavy atom. The first-order chi connectivity index (χ1) is 12.1. The number of halogens is 1. The molecule has 2 aromatic heterocycles. The van der Waals surface area contributed by atoms with E-state index in [9.17, 15) is 9.18 Å². The molecule has 0 saturated carbocycles. The molecule has 1 unspecified atom stereocenters. The van der Waals surface area contributed by atoms with Crippen molar-refractivity contribution in [3.8, 4) is 0 Å². The molecule has 4 rings (SSSR count). The number of carbonyl (C=O) groups excluding carboxylic acids is 1. The number of imidazole rings is 1. The molecule has 7 nitrogen and oxygen atoms in total. The van der Waals surface area contributed by atoms with Gasteiger partial charge in [-0.05, 0) is 37.6 Å². The van der Waals surface area contributed by atoms with Gasteiger partial charge in [-0.3, -0.25) is 4.90 Å². The quantitative estimate of drug-likeness (QED) is 0.733. The number of H-pyrrole nitrogens is 1. The van der Waals surface area contributed by atoms with E-state index in [0.29, 0.717) is 18.0 Å². The van der Waals surface area contributed by atoms with Gasteiger partial charge < -0.3 is 14.1 Å². The zero-order valence-corrected chi connectivity index (χ0v) is 13.7. The van der Waals surface area contributed by atoms with E-state index in [1.165, 1.54) is 25.5 Å². The van der Waals surface area contributed by atoms with Gasteiger partial charge in [-0.1, -0.05) is 0 Å². The molecule has 0 bridgehead atoms. The number of oxazole rings is 1. The van der Waals surface area contributed by atoms with Gasteiger partial charge >= 0.3 is 5.97 Å². The molecule has 1 saturated heterocycles. The monoisotopic (exact) mass is 344 g/mol. The lowest BCUT2D eigenvalue weighted by atomic mass is 10.2. The van der Waals surface area contributed by atoms with Crippen LogP contribution in [0, 0.1) is 5.82 Å². The summed E-state index contributed by atoms with van der Waals surface area (Å²) < 4.78 is 23.4. The summed E-state index contributed by atoms with van der Waals surface area (Å²) in [6, 6.07) is 4.59. The molecule has 8 heteroatoms. The van der Waals surface area contributed by atoms with Crippen LogP contribution in [0.25, 0.3) is 11.0 Å². The maximum atomic E-state index is 13.4. The second kappa shape index (κ2) is 6.29. The standard InChI is InChI=1S/C17H17FN4O3/c1-24-17(23)13-9-25-15(19-13)8-22-6-2-3-14(22)16-20-11-5-4-10(18)7-12(11)21-16/h4-5,7,9,14H,2-3,6,8H2,1H3,(H,20,21). The minimum Gasteiger partial charge on any atom is -0.464 e. The predicted molar refractivity (Wildman–Crippen MR) is 86.3 cm³/mol. The zero-order chi connectivity index (χ0) is 17.4. The molecular weight excluding hydrogens is 327 g/mol. The molecule has 1 atom stereocenters. The smallest absolute Gasteiger partial charge is 0.360 e. The van der Waals surface area contributed by atoms with Crippen molar-refractivity contribution in [1.29, 1.82) is 0 Å². The Morgan fingerprint density at radius 1 is 1.48 bits per heavy atom. The van der Waals surface area contributed by atoms with Gasteiger partial charge in [-0.25, -0.2) is 19.2 Å². The lowest BCUT2D eigenvalue weighted by molar-refractivity contribution is 0.0594. The van der Waals surface area contributed by atoms with Crippen LogP contribution in [-0.2, 0) is 11.3 Å². The zero-order valence-electron chi connectivity index (χ0n) is 13.7. The minimum absolute atomic E-state index is 0.0731. The molecule has 130 valence electrons. The third-order valence-corrected chi connectivity index (χ3v) is 4.43. The first-order valence-corrected chi connectivity index (χ1v) is 8.06. The van der Waals surface area contributed by atoms with Crippen molar-refractivity contribution < 1.29 is 18.3 Å². The SMILES string of the molecule is COC(=O)c1coc(CN2CCCC2c2nc3ccc(F)cc3[nH]2)n1. The van der Waals surface area contributed by atoms with Gasteiger partial charge in [0.2, 0.25) is 5.89 Å². The average molecular weight is 344 g/mol. The first kappa shape index (κ1) is 15.8. The van der Waals surface area contributed by atoms with Gasteiger partial charge in [-0.15, -0.1) is 0 Å². The molecular formula is C17H17FN4O3. The Morgan fingerprint density at radius 3 is 3.20 bits per heavy atom. The molecule has 1 N–H and O–H groups in total. The van der Waals surface area contributed by atoms with Gasteiger partial charge in [0.1, 0.15) is 17.9 Å². The Kier molecular flexibility index (Phi) is 3.96. The molecule has 0 spiro atoms. The molecule has 25 heavy (non-hydrogen) atoms. The maximum Gasteiger partial charge on any atom is 0.360 e. The lowest BCUT2D eigenvalue weighted by Gasteiger charge is -2.20. The molecule has 0 aliphatic carbocycles. The highest BCUT2D eigenvalue weighted by Gasteiger charge is 2.30. The summed E-state index contributed by atoms with van der Waals surface area (Å²) in [5.41, 5.74) is 1.59. The Bertz CT molecular complexity index is 920. The van der Waals surface area contributed by atoms with Crippen molar-refractivity contribution in [3.63, 3.8) is 0 Å². The maximum absolute atomic E-state index is 13.4. The molecule has 3 heterocycles. The summed E-state index contributed by atoms with van der Waals surface area (Å²) in [5, 5.41) is 0. The van der Waals surface area contributed by atoms with Crippen LogP contribution in [0.15, 0.2) is 28.9 Å². The summed E-state index contributed by atoms with van der Waals surface area (Å²) in [6.07, 6.45) is 3.25. The van der Waals surface area contributed by atoms with Gasteiger partial charge in [0.05, 0.1) is 30.7 Å². The first-order valence-electron chi connectivity index (χ1n) is 8.06. The highest BCUT2D eigenvalue weighted by atomic mass is 19.1. The van der Waals surface area contributed by atoms with Crippen LogP contribution in [0.2, 0.25) is 0 Å². The van der Waals surface area contributed by atoms with Crippen molar-refractivity contribution in [2.45, 2.75) is 25.4 Å². The number of nitrogens with one attached hydrogen (secondary N) is 1. The summed E-state index contributed by atoms with van der Waals surface area (Å²) in [7, 11) is 1.30. The van der Waals surface area contributed by atoms with Crippen molar-refractivity contribution in [3.05, 3.63) is 47.7 Å². The summed E-state index contributed by atoms with van der Waals surface area (Å²) >= 11 is 0. The number of ether oxygens (including phenoxy) is 1. The molecule has 0 amide bonds. The predicted octanol–water partition coefficient (Wildman–Crippen LogP) is 2.81. The Hall–Kier alpha value is -2.74. The molecule has 1 fully saturated rings. The molecule has 1 aliphatic rings. The molecule has 1 aliphatic heterocycles. The van der Waals surface area contributed by atoms with E-state index in [1.54, 1.807) is 6.07 Å². The van der Waals surface area contributed by atoms with Crippen molar-refractivity contribution in [2.24, 2.45) is 0 Å². The fraction of sp³-hybridized carbons (Fsp3) is 0.353. The van der Waals surface area contributed by atoms with Crippen LogP contribution in [-0.4, -0.2) is 39.5 Å². The van der Waals surface area contributed by atoms with E-state index in [2.05, 4.69) is 24.6 Å². The number of aromatic amines is 1. The number of hydrogen-bond donors (Lipinski definition) is 1. The van der Waals surface area contributed by atoms with E-state index in [0.717, 1.165) is 30.7 Å². The molecule has 3 aromatic rings. The summed E-state index contributed by atoms with van der Waals surface area (Å²) in [4.78, 5) is 25.6. The number of benzene rings is 1. The van der Waals surface area contributed by atoms with Gasteiger partial charge in [0.25, 0.3) is 0 Å². The van der Waals surface area contributed by atoms with Gasteiger partial charge in [-0.2, -0.15) is 0 Å². The number of likely N-dealkylation sites (tertiary alicyclic amines) is 1. The van der Waals surface area contributed by atoms with Crippen LogP contribution >= 0.6 is 0 Å². The van der Waals surface area contributed by atoms with E-state index in [1.807, 2.05) is 0 Å². The number of nitrogens with zero attached hydrogens (tertiary/aromatic N) is 3. The van der Waals surface area contributed by atoms with E-state index < -0.39 is 5.97 Å². The highest BCUT2D eigenvalue weighted by Crippen LogP contribution is 2.32. The summed E-state index contributed by atoms with van der Waals surface area (Å²) in [5.74, 6) is 0.445. The fourth-order valence-corrected chi connectivity index (χ4v) is 3.24. The number of esters is 1. The van der Waals surface area contributed by atoms with Crippen molar-refractivity contribution in [1.82, 2.24) is 19.9 Å². The Labute approximate surface area is 142 Å². The number of rotatable bonds is 4. The van der Waals surface area contributed by atoms with Crippen molar-refractivity contribution >= 4 is 17.0 Å². The summed E-state index contributed by atoms with van der Waals surface area (Å²) in [6.45, 7) is 1.33. The third-order valence-electron chi connectivity index (χ3n) is 4.43. The normalized spacial score (nSPS) is 18.1. The number of hydrogen-bond acceptors (Lipinski definition) is 6. The van der Waals surface area contributed by atoms with E-state index in [4.69, 9.17) is 4.42 Å². The number of fused-ring (bicyclic) bond motifs is 1. The largest absolute Gasteiger partial charge is 0.464 e. The molecule has 1 aromatic carbocycles. The number of methoxy groups -OCH3 is 1. The average Bonchev–Trinajstić information content (AvgIpc) is 3.32. The third kappa shape index (κ3) is 3.00. The Balaban J connectivity index is 1.55. The minimum atomic E-state index is -0.521. The van der Waals surface area contributed by atoms with Crippen LogP contribution in [0.5, 0.6) is 0 Å². The van der Waals surface area contributed by atoms with Gasteiger partial charge in [0, 0.05) is 0 Å². The van der Waals surface area contributed by atoms with Crippen LogP contribution in [0.3, 0.4) is 0 Å². The molecule has 0 radical (unpaired) electrons. The highest BCUT2D eigenvalue weighted by molar-refractivity contribution is 5.86. The second-order valence-electron chi connectivity index (χ2n) is 6.03. The second-order valence-corrected chi connectivity index (χ2v) is 6.03. The van der Waals surface area contributed by atoms with Crippen LogP contribution < -0.4 is 0 Å². The van der Waals surface area contributed by atoms with Gasteiger partial charge in [0.15, 0.2) is 5.69 Å². The number of aromatic nitrogens is 3. The topological polar surface area (TPSA) is 84.2 Å². The van der Waals surface area contributed by atoms with E-state index in [-0.39, 0.29) is 17.6 Å². The van der Waals surface area contributed by atoms with Crippen molar-refractivity contribution in [2.75, 3.05) is 13.7 Å². The van der Waals surface area contributed by atoms with Crippen LogP contribution in [0.4, 0.5) is 4.39 Å².